The Morgan fingerprint density at radius 1 is 1.31 bits per heavy atom. The molecule has 8 nitrogen and oxygen atoms in total. The first-order valence-corrected chi connectivity index (χ1v) is 10.2. The van der Waals surface area contributed by atoms with Crippen molar-refractivity contribution in [3.8, 4) is 0 Å². The van der Waals surface area contributed by atoms with E-state index in [0.29, 0.717) is 44.5 Å². The molecule has 140 valence electrons. The number of fused-ring (bicyclic) bond motifs is 1. The van der Waals surface area contributed by atoms with Gasteiger partial charge >= 0.3 is 0 Å². The molecule has 0 saturated carbocycles. The van der Waals surface area contributed by atoms with Gasteiger partial charge in [-0.15, -0.1) is 11.7 Å². The molecule has 2 heterocycles. The fourth-order valence-corrected chi connectivity index (χ4v) is 4.56. The van der Waals surface area contributed by atoms with E-state index >= 15 is 0 Å². The van der Waals surface area contributed by atoms with Gasteiger partial charge in [-0.05, 0) is 37.5 Å². The number of rotatable bonds is 8. The van der Waals surface area contributed by atoms with Gasteiger partial charge in [-0.2, -0.15) is 4.31 Å². The van der Waals surface area contributed by atoms with Crippen molar-refractivity contribution < 1.29 is 13.2 Å². The maximum atomic E-state index is 12.6. The van der Waals surface area contributed by atoms with E-state index in [1.165, 1.54) is 4.31 Å². The van der Waals surface area contributed by atoms with Gasteiger partial charge in [-0.25, -0.2) is 13.1 Å². The fourth-order valence-electron chi connectivity index (χ4n) is 3.02. The maximum Gasteiger partial charge on any atom is 0.243 e. The zero-order chi connectivity index (χ0) is 18.6. The van der Waals surface area contributed by atoms with Gasteiger partial charge in [-0.3, -0.25) is 4.79 Å². The summed E-state index contributed by atoms with van der Waals surface area (Å²) in [5, 5.41) is 10.9. The summed E-state index contributed by atoms with van der Waals surface area (Å²) in [5.74, 6) is -0.0340. The summed E-state index contributed by atoms with van der Waals surface area (Å²) in [7, 11) is -3.46. The van der Waals surface area contributed by atoms with Crippen molar-refractivity contribution in [2.24, 2.45) is 0 Å². The number of amides is 1. The molecular formula is C17H23N5O3S. The molecule has 1 aliphatic rings. The van der Waals surface area contributed by atoms with Gasteiger partial charge in [0.1, 0.15) is 5.52 Å². The van der Waals surface area contributed by atoms with Gasteiger partial charge in [0.25, 0.3) is 0 Å². The number of carbonyl (C=O) groups is 1. The molecule has 1 aromatic carbocycles. The van der Waals surface area contributed by atoms with Crippen molar-refractivity contribution in [3.63, 3.8) is 0 Å². The zero-order valence-electron chi connectivity index (χ0n) is 14.6. The van der Waals surface area contributed by atoms with Crippen molar-refractivity contribution in [1.82, 2.24) is 24.6 Å². The molecule has 0 unspecified atom stereocenters. The molecule has 0 atom stereocenters. The first kappa shape index (κ1) is 18.5. The summed E-state index contributed by atoms with van der Waals surface area (Å²) in [4.78, 5) is 11.9. The molecule has 26 heavy (non-hydrogen) atoms. The van der Waals surface area contributed by atoms with Crippen molar-refractivity contribution in [3.05, 3.63) is 30.9 Å². The molecule has 2 aromatic rings. The van der Waals surface area contributed by atoms with E-state index in [1.54, 1.807) is 29.0 Å². The van der Waals surface area contributed by atoms with Gasteiger partial charge in [0.05, 0.1) is 10.4 Å². The van der Waals surface area contributed by atoms with E-state index in [9.17, 15) is 13.2 Å². The Balaban J connectivity index is 1.69. The molecule has 1 aromatic heterocycles. The summed E-state index contributed by atoms with van der Waals surface area (Å²) in [6, 6.07) is 4.91. The summed E-state index contributed by atoms with van der Waals surface area (Å²) < 4.78 is 28.5. The van der Waals surface area contributed by atoms with Gasteiger partial charge < -0.3 is 5.32 Å². The molecule has 1 fully saturated rings. The van der Waals surface area contributed by atoms with Gasteiger partial charge in [0, 0.05) is 32.6 Å². The quantitative estimate of drug-likeness (QED) is 0.700. The SMILES string of the molecule is C=CCNC(=O)CCCn1nnc2cc(S(=O)(=O)N3CCCC3)ccc21. The predicted molar refractivity (Wildman–Crippen MR) is 98.0 cm³/mol. The highest BCUT2D eigenvalue weighted by Crippen LogP contribution is 2.23. The van der Waals surface area contributed by atoms with Crippen molar-refractivity contribution in [1.29, 1.82) is 0 Å². The average molecular weight is 377 g/mol. The van der Waals surface area contributed by atoms with Crippen molar-refractivity contribution >= 4 is 27.0 Å². The molecule has 1 aliphatic heterocycles. The Kier molecular flexibility index (Phi) is 5.67. The Morgan fingerprint density at radius 3 is 2.81 bits per heavy atom. The second kappa shape index (κ2) is 7.96. The van der Waals surface area contributed by atoms with Gasteiger partial charge in [0.2, 0.25) is 15.9 Å². The largest absolute Gasteiger partial charge is 0.353 e. The second-order valence-corrected chi connectivity index (χ2v) is 8.21. The first-order chi connectivity index (χ1) is 12.5. The van der Waals surface area contributed by atoms with E-state index in [1.807, 2.05) is 0 Å². The van der Waals surface area contributed by atoms with Crippen LogP contribution < -0.4 is 5.32 Å². The number of aromatic nitrogens is 3. The number of nitrogens with zero attached hydrogens (tertiary/aromatic N) is 4. The third-order valence-corrected chi connectivity index (χ3v) is 6.30. The monoisotopic (exact) mass is 377 g/mol. The molecule has 0 bridgehead atoms. The van der Waals surface area contributed by atoms with Crippen LogP contribution in [0.25, 0.3) is 11.0 Å². The normalized spacial score (nSPS) is 15.4. The number of benzene rings is 1. The van der Waals surface area contributed by atoms with Crippen LogP contribution in [0.3, 0.4) is 0 Å². The van der Waals surface area contributed by atoms with Crippen molar-refractivity contribution in [2.75, 3.05) is 19.6 Å². The minimum atomic E-state index is -3.46. The summed E-state index contributed by atoms with van der Waals surface area (Å²) in [5.41, 5.74) is 1.30. The van der Waals surface area contributed by atoms with Crippen LogP contribution in [0.4, 0.5) is 0 Å². The maximum absolute atomic E-state index is 12.6. The van der Waals surface area contributed by atoms with Crippen LogP contribution in [-0.4, -0.2) is 53.3 Å². The van der Waals surface area contributed by atoms with Crippen LogP contribution >= 0.6 is 0 Å². The highest BCUT2D eigenvalue weighted by Gasteiger charge is 2.27. The van der Waals surface area contributed by atoms with Crippen LogP contribution in [-0.2, 0) is 21.4 Å². The number of aryl methyl sites for hydroxylation is 1. The summed E-state index contributed by atoms with van der Waals surface area (Å²) in [6.45, 7) is 5.69. The molecule has 3 rings (SSSR count). The van der Waals surface area contributed by atoms with E-state index < -0.39 is 10.0 Å². The van der Waals surface area contributed by atoms with Gasteiger partial charge in [0.15, 0.2) is 0 Å². The fraction of sp³-hybridized carbons (Fsp3) is 0.471. The number of carbonyl (C=O) groups excluding carboxylic acids is 1. The molecule has 1 N–H and O–H groups in total. The number of hydrogen-bond donors (Lipinski definition) is 1. The molecule has 0 aliphatic carbocycles. The Bertz CT molecular complexity index is 900. The lowest BCUT2D eigenvalue weighted by molar-refractivity contribution is -0.121. The lowest BCUT2D eigenvalue weighted by Crippen LogP contribution is -2.27. The highest BCUT2D eigenvalue weighted by atomic mass is 32.2. The number of hydrogen-bond acceptors (Lipinski definition) is 5. The lowest BCUT2D eigenvalue weighted by Gasteiger charge is -2.15. The third kappa shape index (κ3) is 3.94. The average Bonchev–Trinajstić information content (AvgIpc) is 3.30. The summed E-state index contributed by atoms with van der Waals surface area (Å²) >= 11 is 0. The van der Waals surface area contributed by atoms with Gasteiger partial charge in [-0.1, -0.05) is 11.3 Å². The Hall–Kier alpha value is -2.26. The van der Waals surface area contributed by atoms with Crippen LogP contribution in [0, 0.1) is 0 Å². The number of nitrogens with one attached hydrogen (secondary N) is 1. The Labute approximate surface area is 152 Å². The third-order valence-electron chi connectivity index (χ3n) is 4.41. The lowest BCUT2D eigenvalue weighted by atomic mass is 10.2. The minimum Gasteiger partial charge on any atom is -0.353 e. The first-order valence-electron chi connectivity index (χ1n) is 8.73. The van der Waals surface area contributed by atoms with E-state index in [0.717, 1.165) is 18.4 Å². The second-order valence-electron chi connectivity index (χ2n) is 6.27. The molecule has 0 radical (unpaired) electrons. The van der Waals surface area contributed by atoms with E-state index in [-0.39, 0.29) is 10.8 Å². The van der Waals surface area contributed by atoms with E-state index in [2.05, 4.69) is 22.2 Å². The highest BCUT2D eigenvalue weighted by molar-refractivity contribution is 7.89. The molecule has 0 spiro atoms. The predicted octanol–water partition coefficient (Wildman–Crippen LogP) is 1.30. The summed E-state index contributed by atoms with van der Waals surface area (Å²) in [6.07, 6.45) is 4.44. The van der Waals surface area contributed by atoms with E-state index in [4.69, 9.17) is 0 Å². The molecule has 9 heteroatoms. The molecule has 1 amide bonds. The van der Waals surface area contributed by atoms with Crippen molar-refractivity contribution in [2.45, 2.75) is 37.1 Å². The zero-order valence-corrected chi connectivity index (χ0v) is 15.4. The Morgan fingerprint density at radius 2 is 2.08 bits per heavy atom. The molecule has 1 saturated heterocycles. The topological polar surface area (TPSA) is 97.2 Å². The van der Waals surface area contributed by atoms with Crippen LogP contribution in [0.5, 0.6) is 0 Å². The minimum absolute atomic E-state index is 0.0340. The van der Waals surface area contributed by atoms with Crippen LogP contribution in [0.1, 0.15) is 25.7 Å². The van der Waals surface area contributed by atoms with Crippen LogP contribution in [0.15, 0.2) is 35.7 Å². The van der Waals surface area contributed by atoms with Crippen LogP contribution in [0.2, 0.25) is 0 Å². The smallest absolute Gasteiger partial charge is 0.243 e. The molecular weight excluding hydrogens is 354 g/mol. The standard InChI is InChI=1S/C17H23N5O3S/c1-2-9-18-17(23)6-5-12-22-16-8-7-14(13-15(16)19-20-22)26(24,25)21-10-3-4-11-21/h2,7-8,13H,1,3-6,9-12H2,(H,18,23). The number of sulfonamides is 1.